The Morgan fingerprint density at radius 2 is 1.91 bits per heavy atom. The van der Waals surface area contributed by atoms with Crippen molar-refractivity contribution in [2.45, 2.75) is 46.1 Å². The molecule has 0 saturated heterocycles. The highest BCUT2D eigenvalue weighted by Crippen LogP contribution is 2.27. The summed E-state index contributed by atoms with van der Waals surface area (Å²) in [5.74, 6) is 0.398. The fraction of sp³-hybridized carbons (Fsp3) is 0.385. The molecular formula is C26H34N4OS. The third kappa shape index (κ3) is 6.40. The smallest absolute Gasteiger partial charge is 0.243 e. The van der Waals surface area contributed by atoms with Crippen molar-refractivity contribution >= 4 is 22.9 Å². The number of carbonyl (C=O) groups excluding carboxylic acids is 1. The van der Waals surface area contributed by atoms with Crippen LogP contribution in [0.5, 0.6) is 0 Å². The number of hydrogen-bond acceptors (Lipinski definition) is 4. The number of nitrogens with one attached hydrogen (secondary N) is 1. The molecule has 3 aromatic rings. The standard InChI is InChI=1S/C26H34N4OS/c1-19(2)16-23(25(31)28-15-8-7-14-27)30-24(21-11-5-4-6-12-21)18-32-26(30)29-22-13-9-10-20(3)17-22/h4-6,9-13,17-19,23H,7-8,14-16,27H2,1-3H3,(H,28,31)/t23-/m0/s1. The van der Waals surface area contributed by atoms with Crippen molar-refractivity contribution in [3.8, 4) is 11.3 Å². The number of nitrogens with zero attached hydrogens (tertiary/aromatic N) is 2. The minimum absolute atomic E-state index is 0.0389. The lowest BCUT2D eigenvalue weighted by molar-refractivity contribution is -0.124. The maximum absolute atomic E-state index is 13.4. The average molecular weight is 451 g/mol. The van der Waals surface area contributed by atoms with Gasteiger partial charge < -0.3 is 15.6 Å². The van der Waals surface area contributed by atoms with Crippen LogP contribution in [0.4, 0.5) is 5.69 Å². The molecular weight excluding hydrogens is 416 g/mol. The molecule has 0 aliphatic heterocycles. The lowest BCUT2D eigenvalue weighted by atomic mass is 10.0. The van der Waals surface area contributed by atoms with Crippen LogP contribution in [0.25, 0.3) is 11.3 Å². The molecule has 1 amide bonds. The van der Waals surface area contributed by atoms with Crippen LogP contribution >= 0.6 is 11.3 Å². The zero-order valence-corrected chi connectivity index (χ0v) is 20.1. The zero-order valence-electron chi connectivity index (χ0n) is 19.3. The first-order valence-electron chi connectivity index (χ1n) is 11.3. The monoisotopic (exact) mass is 450 g/mol. The highest BCUT2D eigenvalue weighted by atomic mass is 32.1. The number of benzene rings is 2. The lowest BCUT2D eigenvalue weighted by Gasteiger charge is -2.23. The Hall–Kier alpha value is -2.70. The SMILES string of the molecule is Cc1cccc(N=c2scc(-c3ccccc3)n2[C@@H](CC(C)C)C(=O)NCCCCN)c1. The first kappa shape index (κ1) is 24.0. The molecule has 1 aromatic heterocycles. The summed E-state index contributed by atoms with van der Waals surface area (Å²) in [6.07, 6.45) is 2.53. The van der Waals surface area contributed by atoms with Gasteiger partial charge in [-0.25, -0.2) is 4.99 Å². The molecule has 6 heteroatoms. The first-order chi connectivity index (χ1) is 15.5. The number of aromatic nitrogens is 1. The molecule has 1 atom stereocenters. The molecule has 0 aliphatic rings. The zero-order chi connectivity index (χ0) is 22.9. The van der Waals surface area contributed by atoms with Crippen molar-refractivity contribution in [2.75, 3.05) is 13.1 Å². The van der Waals surface area contributed by atoms with Gasteiger partial charge >= 0.3 is 0 Å². The Labute approximate surface area is 195 Å². The van der Waals surface area contributed by atoms with E-state index >= 15 is 0 Å². The second kappa shape index (κ2) is 11.8. The molecule has 1 heterocycles. The predicted octanol–water partition coefficient (Wildman–Crippen LogP) is 5.20. The van der Waals surface area contributed by atoms with E-state index in [1.807, 2.05) is 30.3 Å². The van der Waals surface area contributed by atoms with E-state index in [0.29, 0.717) is 19.0 Å². The molecule has 0 radical (unpaired) electrons. The third-order valence-electron chi connectivity index (χ3n) is 5.28. The summed E-state index contributed by atoms with van der Waals surface area (Å²) in [7, 11) is 0. The number of carbonyl (C=O) groups is 1. The molecule has 3 rings (SSSR count). The number of rotatable bonds is 10. The Morgan fingerprint density at radius 1 is 1.12 bits per heavy atom. The summed E-state index contributed by atoms with van der Waals surface area (Å²) in [5, 5.41) is 5.25. The van der Waals surface area contributed by atoms with E-state index in [2.05, 4.69) is 60.3 Å². The first-order valence-corrected chi connectivity index (χ1v) is 12.2. The number of amides is 1. The minimum atomic E-state index is -0.335. The Balaban J connectivity index is 2.10. The van der Waals surface area contributed by atoms with Crippen LogP contribution in [0.15, 0.2) is 65.0 Å². The number of nitrogens with two attached hydrogens (primary N) is 1. The van der Waals surface area contributed by atoms with E-state index in [1.165, 1.54) is 0 Å². The number of thiazole rings is 1. The largest absolute Gasteiger partial charge is 0.354 e. The summed E-state index contributed by atoms with van der Waals surface area (Å²) < 4.78 is 2.13. The van der Waals surface area contributed by atoms with Crippen LogP contribution in [-0.4, -0.2) is 23.6 Å². The van der Waals surface area contributed by atoms with Crippen molar-refractivity contribution in [3.05, 3.63) is 70.3 Å². The molecule has 5 nitrogen and oxygen atoms in total. The van der Waals surface area contributed by atoms with E-state index < -0.39 is 0 Å². The van der Waals surface area contributed by atoms with E-state index in [9.17, 15) is 4.79 Å². The van der Waals surface area contributed by atoms with Gasteiger partial charge in [0.15, 0.2) is 4.80 Å². The van der Waals surface area contributed by atoms with Crippen molar-refractivity contribution in [3.63, 3.8) is 0 Å². The molecule has 2 aromatic carbocycles. The topological polar surface area (TPSA) is 72.4 Å². The third-order valence-corrected chi connectivity index (χ3v) is 6.12. The van der Waals surface area contributed by atoms with E-state index in [1.54, 1.807) is 11.3 Å². The van der Waals surface area contributed by atoms with Crippen LogP contribution in [0.3, 0.4) is 0 Å². The van der Waals surface area contributed by atoms with Gasteiger partial charge in [0.05, 0.1) is 11.4 Å². The number of hydrogen-bond donors (Lipinski definition) is 2. The summed E-state index contributed by atoms with van der Waals surface area (Å²) in [6, 6.07) is 18.0. The molecule has 0 unspecified atom stereocenters. The molecule has 0 spiro atoms. The fourth-order valence-electron chi connectivity index (χ4n) is 3.71. The van der Waals surface area contributed by atoms with Gasteiger partial charge in [-0.3, -0.25) is 4.79 Å². The highest BCUT2D eigenvalue weighted by molar-refractivity contribution is 7.07. The van der Waals surface area contributed by atoms with Crippen molar-refractivity contribution in [2.24, 2.45) is 16.6 Å². The van der Waals surface area contributed by atoms with Gasteiger partial charge in [-0.05, 0) is 61.9 Å². The van der Waals surface area contributed by atoms with Crippen molar-refractivity contribution in [1.29, 1.82) is 0 Å². The summed E-state index contributed by atoms with van der Waals surface area (Å²) in [5.41, 5.74) is 9.77. The molecule has 32 heavy (non-hydrogen) atoms. The Kier molecular flexibility index (Phi) is 8.82. The Bertz CT molecular complexity index is 1070. The number of unbranched alkanes of at least 4 members (excludes halogenated alkanes) is 1. The van der Waals surface area contributed by atoms with Gasteiger partial charge in [0.2, 0.25) is 5.91 Å². The average Bonchev–Trinajstić information content (AvgIpc) is 3.18. The van der Waals surface area contributed by atoms with Crippen LogP contribution in [-0.2, 0) is 4.79 Å². The van der Waals surface area contributed by atoms with Crippen LogP contribution < -0.4 is 15.9 Å². The molecule has 0 bridgehead atoms. The van der Waals surface area contributed by atoms with Crippen LogP contribution in [0, 0.1) is 12.8 Å². The predicted molar refractivity (Wildman–Crippen MR) is 134 cm³/mol. The maximum Gasteiger partial charge on any atom is 0.243 e. The van der Waals surface area contributed by atoms with Crippen molar-refractivity contribution < 1.29 is 4.79 Å². The highest BCUT2D eigenvalue weighted by Gasteiger charge is 2.25. The van der Waals surface area contributed by atoms with Gasteiger partial charge in [-0.1, -0.05) is 56.3 Å². The summed E-state index contributed by atoms with van der Waals surface area (Å²) >= 11 is 1.58. The van der Waals surface area contributed by atoms with Gasteiger partial charge in [-0.2, -0.15) is 0 Å². The lowest BCUT2D eigenvalue weighted by Crippen LogP contribution is -2.37. The van der Waals surface area contributed by atoms with Gasteiger partial charge in [-0.15, -0.1) is 11.3 Å². The molecule has 0 saturated carbocycles. The molecule has 0 aliphatic carbocycles. The van der Waals surface area contributed by atoms with Crippen LogP contribution in [0.1, 0.15) is 44.7 Å². The maximum atomic E-state index is 13.4. The minimum Gasteiger partial charge on any atom is -0.354 e. The van der Waals surface area contributed by atoms with Gasteiger partial charge in [0.25, 0.3) is 0 Å². The Morgan fingerprint density at radius 3 is 2.59 bits per heavy atom. The molecule has 3 N–H and O–H groups in total. The summed E-state index contributed by atoms with van der Waals surface area (Å²) in [6.45, 7) is 7.65. The van der Waals surface area contributed by atoms with E-state index in [-0.39, 0.29) is 11.9 Å². The van der Waals surface area contributed by atoms with Crippen molar-refractivity contribution in [1.82, 2.24) is 9.88 Å². The van der Waals surface area contributed by atoms with Gasteiger partial charge in [0, 0.05) is 11.9 Å². The van der Waals surface area contributed by atoms with Gasteiger partial charge in [0.1, 0.15) is 6.04 Å². The second-order valence-electron chi connectivity index (χ2n) is 8.52. The quantitative estimate of drug-likeness (QED) is 0.417. The number of aryl methyl sites for hydroxylation is 1. The summed E-state index contributed by atoms with van der Waals surface area (Å²) in [4.78, 5) is 19.2. The van der Waals surface area contributed by atoms with Crippen LogP contribution in [0.2, 0.25) is 0 Å². The fourth-order valence-corrected chi connectivity index (χ4v) is 4.67. The second-order valence-corrected chi connectivity index (χ2v) is 9.36. The molecule has 0 fully saturated rings. The van der Waals surface area contributed by atoms with E-state index in [0.717, 1.165) is 46.6 Å². The normalized spacial score (nSPS) is 12.8. The van der Waals surface area contributed by atoms with E-state index in [4.69, 9.17) is 10.7 Å². The molecule has 170 valence electrons.